The van der Waals surface area contributed by atoms with Crippen molar-refractivity contribution in [2.45, 2.75) is 45.7 Å². The fourth-order valence-electron chi connectivity index (χ4n) is 3.04. The smallest absolute Gasteiger partial charge is 0.128 e. The molecule has 0 aliphatic carbocycles. The van der Waals surface area contributed by atoms with Crippen molar-refractivity contribution in [1.29, 1.82) is 0 Å². The van der Waals surface area contributed by atoms with Gasteiger partial charge in [-0.3, -0.25) is 0 Å². The van der Waals surface area contributed by atoms with Crippen molar-refractivity contribution in [1.82, 2.24) is 10.3 Å². The highest BCUT2D eigenvalue weighted by molar-refractivity contribution is 5.39. The summed E-state index contributed by atoms with van der Waals surface area (Å²) in [7, 11) is 0. The van der Waals surface area contributed by atoms with Crippen LogP contribution in [0, 0.1) is 13.8 Å². The average molecular weight is 299 g/mol. The zero-order valence-electron chi connectivity index (χ0n) is 13.7. The molecule has 4 heteroatoms. The zero-order chi connectivity index (χ0) is 15.5. The lowest BCUT2D eigenvalue weighted by molar-refractivity contribution is 0.342. The first kappa shape index (κ1) is 15.1. The maximum absolute atomic E-state index is 5.71. The largest absolute Gasteiger partial charge is 0.465 e. The topological polar surface area (TPSA) is 41.3 Å². The minimum Gasteiger partial charge on any atom is -0.465 e. The number of nitrogens with zero attached hydrogens (tertiary/aromatic N) is 2. The van der Waals surface area contributed by atoms with Crippen molar-refractivity contribution in [2.75, 3.05) is 18.0 Å². The fraction of sp³-hybridized carbons (Fsp3) is 0.500. The first-order chi connectivity index (χ1) is 10.6. The summed E-state index contributed by atoms with van der Waals surface area (Å²) < 4.78 is 5.71. The fourth-order valence-corrected chi connectivity index (χ4v) is 3.04. The number of aryl methyl sites for hydroxylation is 2. The minimum atomic E-state index is 0.266. The van der Waals surface area contributed by atoms with Gasteiger partial charge in [0.1, 0.15) is 17.3 Å². The van der Waals surface area contributed by atoms with Crippen molar-refractivity contribution in [3.63, 3.8) is 0 Å². The molecule has 0 saturated carbocycles. The number of pyridine rings is 1. The molecular weight excluding hydrogens is 274 g/mol. The van der Waals surface area contributed by atoms with Gasteiger partial charge in [0.2, 0.25) is 0 Å². The van der Waals surface area contributed by atoms with Gasteiger partial charge < -0.3 is 14.6 Å². The van der Waals surface area contributed by atoms with E-state index >= 15 is 0 Å². The summed E-state index contributed by atoms with van der Waals surface area (Å²) in [6.07, 6.45) is 4.22. The number of furan rings is 1. The third kappa shape index (κ3) is 3.50. The van der Waals surface area contributed by atoms with E-state index in [0.29, 0.717) is 6.04 Å². The molecule has 3 heterocycles. The summed E-state index contributed by atoms with van der Waals surface area (Å²) in [4.78, 5) is 6.90. The van der Waals surface area contributed by atoms with E-state index in [0.717, 1.165) is 43.3 Å². The number of hydrogen-bond donors (Lipinski definition) is 1. The molecule has 0 bridgehead atoms. The van der Waals surface area contributed by atoms with Crippen LogP contribution in [-0.4, -0.2) is 24.1 Å². The standard InChI is InChI=1S/C18H25N3O/c1-13-4-7-18(19-12-13)21-10-8-16(9-11-21)20-15(3)17-6-5-14(2)22-17/h4-7,12,15-16,20H,8-11H2,1-3H3/t15-/m0/s1. The van der Waals surface area contributed by atoms with Gasteiger partial charge in [-0.05, 0) is 57.4 Å². The molecule has 1 N–H and O–H groups in total. The van der Waals surface area contributed by atoms with Gasteiger partial charge >= 0.3 is 0 Å². The lowest BCUT2D eigenvalue weighted by Crippen LogP contribution is -2.43. The molecule has 118 valence electrons. The molecule has 3 rings (SSSR count). The Bertz CT molecular complexity index is 597. The Hall–Kier alpha value is -1.81. The predicted molar refractivity (Wildman–Crippen MR) is 89.2 cm³/mol. The summed E-state index contributed by atoms with van der Waals surface area (Å²) in [5, 5.41) is 3.69. The van der Waals surface area contributed by atoms with Gasteiger partial charge in [0.05, 0.1) is 6.04 Å². The number of aromatic nitrogens is 1. The Balaban J connectivity index is 1.52. The van der Waals surface area contributed by atoms with Crippen molar-refractivity contribution in [3.05, 3.63) is 47.5 Å². The van der Waals surface area contributed by atoms with E-state index in [1.54, 1.807) is 0 Å². The second-order valence-electron chi connectivity index (χ2n) is 6.29. The molecule has 1 aliphatic rings. The Morgan fingerprint density at radius 1 is 1.18 bits per heavy atom. The SMILES string of the molecule is Cc1ccc(N2CCC(N[C@@H](C)c3ccc(C)o3)CC2)nc1. The quantitative estimate of drug-likeness (QED) is 0.936. The van der Waals surface area contributed by atoms with Crippen molar-refractivity contribution >= 4 is 5.82 Å². The number of nitrogens with one attached hydrogen (secondary N) is 1. The van der Waals surface area contributed by atoms with Gasteiger partial charge in [-0.1, -0.05) is 6.07 Å². The van der Waals surface area contributed by atoms with E-state index in [1.165, 1.54) is 5.56 Å². The second kappa shape index (κ2) is 6.53. The molecule has 0 amide bonds. The van der Waals surface area contributed by atoms with Gasteiger partial charge in [-0.15, -0.1) is 0 Å². The lowest BCUT2D eigenvalue weighted by Gasteiger charge is -2.34. The summed E-state index contributed by atoms with van der Waals surface area (Å²) >= 11 is 0. The van der Waals surface area contributed by atoms with Crippen LogP contribution in [0.2, 0.25) is 0 Å². The van der Waals surface area contributed by atoms with Crippen LogP contribution in [-0.2, 0) is 0 Å². The number of rotatable bonds is 4. The van der Waals surface area contributed by atoms with Crippen LogP contribution in [0.1, 0.15) is 42.9 Å². The zero-order valence-corrected chi connectivity index (χ0v) is 13.7. The highest BCUT2D eigenvalue weighted by Crippen LogP contribution is 2.21. The van der Waals surface area contributed by atoms with Gasteiger partial charge in [0.25, 0.3) is 0 Å². The molecule has 1 saturated heterocycles. The van der Waals surface area contributed by atoms with E-state index in [2.05, 4.69) is 47.2 Å². The molecule has 2 aromatic rings. The monoisotopic (exact) mass is 299 g/mol. The Morgan fingerprint density at radius 3 is 2.55 bits per heavy atom. The summed E-state index contributed by atoms with van der Waals surface area (Å²) in [5.41, 5.74) is 1.21. The molecular formula is C18H25N3O. The Morgan fingerprint density at radius 2 is 1.95 bits per heavy atom. The van der Waals surface area contributed by atoms with Crippen molar-refractivity contribution in [2.24, 2.45) is 0 Å². The van der Waals surface area contributed by atoms with Crippen LogP contribution in [0.5, 0.6) is 0 Å². The van der Waals surface area contributed by atoms with E-state index < -0.39 is 0 Å². The minimum absolute atomic E-state index is 0.266. The first-order valence-corrected chi connectivity index (χ1v) is 8.12. The molecule has 22 heavy (non-hydrogen) atoms. The van der Waals surface area contributed by atoms with E-state index in [9.17, 15) is 0 Å². The summed E-state index contributed by atoms with van der Waals surface area (Å²) in [6.45, 7) is 8.34. The Kier molecular flexibility index (Phi) is 4.48. The van der Waals surface area contributed by atoms with Crippen LogP contribution in [0.15, 0.2) is 34.9 Å². The van der Waals surface area contributed by atoms with Gasteiger partial charge in [-0.25, -0.2) is 4.98 Å². The van der Waals surface area contributed by atoms with E-state index in [4.69, 9.17) is 4.42 Å². The van der Waals surface area contributed by atoms with Gasteiger partial charge in [0, 0.05) is 25.3 Å². The third-order valence-electron chi connectivity index (χ3n) is 4.39. The maximum Gasteiger partial charge on any atom is 0.128 e. The van der Waals surface area contributed by atoms with E-state index in [1.807, 2.05) is 19.2 Å². The molecule has 1 fully saturated rings. The Labute approximate surface area is 132 Å². The molecule has 1 aliphatic heterocycles. The molecule has 0 unspecified atom stereocenters. The van der Waals surface area contributed by atoms with Crippen LogP contribution >= 0.6 is 0 Å². The highest BCUT2D eigenvalue weighted by Gasteiger charge is 2.22. The third-order valence-corrected chi connectivity index (χ3v) is 4.39. The average Bonchev–Trinajstić information content (AvgIpc) is 2.96. The molecule has 1 atom stereocenters. The van der Waals surface area contributed by atoms with Crippen molar-refractivity contribution in [3.8, 4) is 0 Å². The summed E-state index contributed by atoms with van der Waals surface area (Å²) in [6, 6.07) is 9.16. The van der Waals surface area contributed by atoms with Crippen LogP contribution < -0.4 is 10.2 Å². The molecule has 0 aromatic carbocycles. The summed E-state index contributed by atoms with van der Waals surface area (Å²) in [5.74, 6) is 3.10. The predicted octanol–water partition coefficient (Wildman–Crippen LogP) is 3.61. The highest BCUT2D eigenvalue weighted by atomic mass is 16.3. The number of hydrogen-bond acceptors (Lipinski definition) is 4. The van der Waals surface area contributed by atoms with E-state index in [-0.39, 0.29) is 6.04 Å². The second-order valence-corrected chi connectivity index (χ2v) is 6.29. The number of piperidine rings is 1. The van der Waals surface area contributed by atoms with Gasteiger partial charge in [-0.2, -0.15) is 0 Å². The molecule has 0 radical (unpaired) electrons. The molecule has 4 nitrogen and oxygen atoms in total. The molecule has 0 spiro atoms. The van der Waals surface area contributed by atoms with Crippen molar-refractivity contribution < 1.29 is 4.42 Å². The van der Waals surface area contributed by atoms with Crippen LogP contribution in [0.3, 0.4) is 0 Å². The van der Waals surface area contributed by atoms with Gasteiger partial charge in [0.15, 0.2) is 0 Å². The van der Waals surface area contributed by atoms with Crippen LogP contribution in [0.25, 0.3) is 0 Å². The van der Waals surface area contributed by atoms with Crippen LogP contribution in [0.4, 0.5) is 5.82 Å². The maximum atomic E-state index is 5.71. The number of anilines is 1. The first-order valence-electron chi connectivity index (χ1n) is 8.12. The normalized spacial score (nSPS) is 17.7. The lowest BCUT2D eigenvalue weighted by atomic mass is 10.0. The molecule has 2 aromatic heterocycles.